The van der Waals surface area contributed by atoms with Crippen molar-refractivity contribution in [3.05, 3.63) is 102 Å². The molecule has 0 bridgehead atoms. The van der Waals surface area contributed by atoms with Gasteiger partial charge in [-0.2, -0.15) is 0 Å². The summed E-state index contributed by atoms with van der Waals surface area (Å²) in [5, 5.41) is 0. The second kappa shape index (κ2) is 10.2. The molecular weight excluding hydrogens is 428 g/mol. The van der Waals surface area contributed by atoms with Crippen LogP contribution in [-0.2, 0) is 22.6 Å². The molecular formula is C28H26N2O4. The number of carbonyl (C=O) groups excluding carboxylic acids is 3. The SMILES string of the molecule is C=Cc1ccc(COc2ccc(C[C@H]3C(=O)N(c4ccccc4)C(=O)N3C(=O)CC)cc2)cc1. The Morgan fingerprint density at radius 2 is 1.59 bits per heavy atom. The number of anilines is 1. The monoisotopic (exact) mass is 454 g/mol. The number of amides is 4. The van der Waals surface area contributed by atoms with E-state index in [1.807, 2.05) is 48.5 Å². The van der Waals surface area contributed by atoms with Crippen molar-refractivity contribution in [2.24, 2.45) is 0 Å². The summed E-state index contributed by atoms with van der Waals surface area (Å²) in [6.45, 7) is 5.86. The highest BCUT2D eigenvalue weighted by molar-refractivity contribution is 6.25. The van der Waals surface area contributed by atoms with Crippen LogP contribution in [0.25, 0.3) is 6.08 Å². The van der Waals surface area contributed by atoms with Gasteiger partial charge in [-0.05, 0) is 41.0 Å². The molecule has 4 rings (SSSR count). The Morgan fingerprint density at radius 1 is 0.941 bits per heavy atom. The quantitative estimate of drug-likeness (QED) is 0.438. The van der Waals surface area contributed by atoms with Crippen LogP contribution in [0.5, 0.6) is 5.75 Å². The van der Waals surface area contributed by atoms with Gasteiger partial charge in [0.2, 0.25) is 5.91 Å². The van der Waals surface area contributed by atoms with Crippen molar-refractivity contribution >= 4 is 29.6 Å². The lowest BCUT2D eigenvalue weighted by Gasteiger charge is -2.19. The van der Waals surface area contributed by atoms with Crippen LogP contribution >= 0.6 is 0 Å². The van der Waals surface area contributed by atoms with E-state index in [1.54, 1.807) is 43.3 Å². The molecule has 0 aromatic heterocycles. The second-order valence-corrected chi connectivity index (χ2v) is 8.01. The van der Waals surface area contributed by atoms with E-state index in [4.69, 9.17) is 4.74 Å². The Morgan fingerprint density at radius 3 is 2.21 bits per heavy atom. The van der Waals surface area contributed by atoms with Crippen molar-refractivity contribution in [3.63, 3.8) is 0 Å². The number of hydrogen-bond acceptors (Lipinski definition) is 4. The maximum atomic E-state index is 13.2. The summed E-state index contributed by atoms with van der Waals surface area (Å²) in [5.74, 6) is -0.0803. The van der Waals surface area contributed by atoms with Gasteiger partial charge in [-0.25, -0.2) is 9.69 Å². The maximum absolute atomic E-state index is 13.2. The Balaban J connectivity index is 1.47. The standard InChI is InChI=1S/C28H26N2O4/c1-3-20-10-12-22(13-11-20)19-34-24-16-14-21(15-17-24)18-25-27(32)29(23-8-6-5-7-9-23)28(33)30(25)26(31)4-2/h3,5-17,25H,1,4,18-19H2,2H3/t25-/m0/s1. The van der Waals surface area contributed by atoms with Crippen LogP contribution in [0.4, 0.5) is 10.5 Å². The number of urea groups is 1. The summed E-state index contributed by atoms with van der Waals surface area (Å²) < 4.78 is 5.86. The Labute approximate surface area is 199 Å². The Hall–Kier alpha value is -4.19. The zero-order valence-corrected chi connectivity index (χ0v) is 19.0. The molecule has 0 aliphatic carbocycles. The fraction of sp³-hybridized carbons (Fsp3) is 0.179. The smallest absolute Gasteiger partial charge is 0.338 e. The van der Waals surface area contributed by atoms with Crippen LogP contribution in [0.3, 0.4) is 0 Å². The van der Waals surface area contributed by atoms with Gasteiger partial charge in [0.05, 0.1) is 5.69 Å². The molecule has 6 nitrogen and oxygen atoms in total. The van der Waals surface area contributed by atoms with Gasteiger partial charge in [0.1, 0.15) is 18.4 Å². The lowest BCUT2D eigenvalue weighted by Crippen LogP contribution is -2.41. The van der Waals surface area contributed by atoms with Crippen molar-refractivity contribution < 1.29 is 19.1 Å². The van der Waals surface area contributed by atoms with Gasteiger partial charge in [-0.1, -0.05) is 74.2 Å². The van der Waals surface area contributed by atoms with Crippen LogP contribution in [-0.4, -0.2) is 28.8 Å². The summed E-state index contributed by atoms with van der Waals surface area (Å²) in [6, 6.07) is 22.5. The number of rotatable bonds is 8. The van der Waals surface area contributed by atoms with E-state index in [0.29, 0.717) is 18.0 Å². The first-order valence-electron chi connectivity index (χ1n) is 11.2. The first kappa shape index (κ1) is 23.0. The van der Waals surface area contributed by atoms with Crippen LogP contribution in [0, 0.1) is 0 Å². The number of hydrogen-bond donors (Lipinski definition) is 0. The molecule has 1 aliphatic heterocycles. The van der Waals surface area contributed by atoms with Crippen molar-refractivity contribution in [1.29, 1.82) is 0 Å². The summed E-state index contributed by atoms with van der Waals surface area (Å²) >= 11 is 0. The van der Waals surface area contributed by atoms with Gasteiger partial charge < -0.3 is 4.74 Å². The summed E-state index contributed by atoms with van der Waals surface area (Å²) in [7, 11) is 0. The molecule has 1 heterocycles. The van der Waals surface area contributed by atoms with Crippen molar-refractivity contribution in [2.75, 3.05) is 4.90 Å². The van der Waals surface area contributed by atoms with Gasteiger partial charge in [0, 0.05) is 12.8 Å². The minimum absolute atomic E-state index is 0.138. The second-order valence-electron chi connectivity index (χ2n) is 8.01. The highest BCUT2D eigenvalue weighted by Crippen LogP contribution is 2.28. The zero-order chi connectivity index (χ0) is 24.1. The van der Waals surface area contributed by atoms with E-state index in [0.717, 1.165) is 26.5 Å². The highest BCUT2D eigenvalue weighted by atomic mass is 16.5. The molecule has 1 saturated heterocycles. The topological polar surface area (TPSA) is 66.9 Å². The molecule has 3 aromatic rings. The number of ether oxygens (including phenoxy) is 1. The van der Waals surface area contributed by atoms with Gasteiger partial charge in [0.15, 0.2) is 0 Å². The van der Waals surface area contributed by atoms with Crippen LogP contribution in [0.1, 0.15) is 30.0 Å². The van der Waals surface area contributed by atoms with Crippen molar-refractivity contribution in [1.82, 2.24) is 4.90 Å². The normalized spacial score (nSPS) is 15.5. The minimum atomic E-state index is -0.879. The van der Waals surface area contributed by atoms with E-state index >= 15 is 0 Å². The fourth-order valence-corrected chi connectivity index (χ4v) is 3.90. The highest BCUT2D eigenvalue weighted by Gasteiger charge is 2.48. The number of carbonyl (C=O) groups is 3. The molecule has 34 heavy (non-hydrogen) atoms. The molecule has 0 N–H and O–H groups in total. The van der Waals surface area contributed by atoms with E-state index in [-0.39, 0.29) is 18.7 Å². The summed E-state index contributed by atoms with van der Waals surface area (Å²) in [4.78, 5) is 41.0. The molecule has 3 aromatic carbocycles. The van der Waals surface area contributed by atoms with E-state index < -0.39 is 18.0 Å². The average molecular weight is 455 g/mol. The Bertz CT molecular complexity index is 1190. The number of imide groups is 2. The van der Waals surface area contributed by atoms with Crippen molar-refractivity contribution in [3.8, 4) is 5.75 Å². The number of nitrogens with zero attached hydrogens (tertiary/aromatic N) is 2. The van der Waals surface area contributed by atoms with Crippen LogP contribution in [0.2, 0.25) is 0 Å². The van der Waals surface area contributed by atoms with E-state index in [1.165, 1.54) is 0 Å². The largest absolute Gasteiger partial charge is 0.489 e. The first-order chi connectivity index (χ1) is 16.5. The first-order valence-corrected chi connectivity index (χ1v) is 11.2. The third-order valence-electron chi connectivity index (χ3n) is 5.77. The lowest BCUT2D eigenvalue weighted by atomic mass is 10.0. The number of benzene rings is 3. The minimum Gasteiger partial charge on any atom is -0.489 e. The molecule has 172 valence electrons. The van der Waals surface area contributed by atoms with E-state index in [9.17, 15) is 14.4 Å². The third kappa shape index (κ3) is 4.76. The van der Waals surface area contributed by atoms with Gasteiger partial charge >= 0.3 is 6.03 Å². The predicted octanol–water partition coefficient (Wildman–Crippen LogP) is 5.23. The fourth-order valence-electron chi connectivity index (χ4n) is 3.90. The van der Waals surface area contributed by atoms with Gasteiger partial charge in [-0.3, -0.25) is 14.5 Å². The summed E-state index contributed by atoms with van der Waals surface area (Å²) in [6.07, 6.45) is 2.17. The lowest BCUT2D eigenvalue weighted by molar-refractivity contribution is -0.132. The predicted molar refractivity (Wildman–Crippen MR) is 131 cm³/mol. The molecule has 6 heteroatoms. The molecule has 0 spiro atoms. The van der Waals surface area contributed by atoms with Gasteiger partial charge in [0.25, 0.3) is 5.91 Å². The molecule has 1 atom stereocenters. The van der Waals surface area contributed by atoms with Crippen LogP contribution in [0.15, 0.2) is 85.4 Å². The average Bonchev–Trinajstić information content (AvgIpc) is 3.12. The van der Waals surface area contributed by atoms with Crippen molar-refractivity contribution in [2.45, 2.75) is 32.4 Å². The van der Waals surface area contributed by atoms with Gasteiger partial charge in [-0.15, -0.1) is 0 Å². The number of para-hydroxylation sites is 1. The maximum Gasteiger partial charge on any atom is 0.338 e. The van der Waals surface area contributed by atoms with Crippen LogP contribution < -0.4 is 9.64 Å². The molecule has 0 unspecified atom stereocenters. The zero-order valence-electron chi connectivity index (χ0n) is 19.0. The molecule has 1 aliphatic rings. The molecule has 4 amide bonds. The Kier molecular flexibility index (Phi) is 6.87. The third-order valence-corrected chi connectivity index (χ3v) is 5.77. The summed E-state index contributed by atoms with van der Waals surface area (Å²) in [5.41, 5.74) is 3.38. The molecule has 0 saturated carbocycles. The molecule has 1 fully saturated rings. The van der Waals surface area contributed by atoms with E-state index in [2.05, 4.69) is 6.58 Å². The molecule has 0 radical (unpaired) electrons.